The average molecular weight is 275 g/mol. The number of Topliss-reactive ketones (excluding diaryl/α,β-unsaturated/α-hetero) is 1. The maximum atomic E-state index is 11.8. The Morgan fingerprint density at radius 3 is 2.85 bits per heavy atom. The molecular weight excluding hydrogens is 250 g/mol. The van der Waals surface area contributed by atoms with E-state index in [9.17, 15) is 9.59 Å². The number of carbonyl (C=O) groups excluding carboxylic acids is 2. The summed E-state index contributed by atoms with van der Waals surface area (Å²) in [5.41, 5.74) is 1.40. The highest BCUT2D eigenvalue weighted by atomic mass is 16.1. The third-order valence-corrected chi connectivity index (χ3v) is 6.34. The average Bonchev–Trinajstić information content (AvgIpc) is 2.75. The van der Waals surface area contributed by atoms with Crippen LogP contribution in [-0.2, 0) is 9.59 Å². The molecule has 1 amide bonds. The van der Waals surface area contributed by atoms with Gasteiger partial charge in [-0.1, -0.05) is 19.9 Å². The number of ketones is 1. The molecule has 0 spiro atoms. The van der Waals surface area contributed by atoms with E-state index >= 15 is 0 Å². The fourth-order valence-electron chi connectivity index (χ4n) is 5.07. The Morgan fingerprint density at radius 2 is 2.15 bits per heavy atom. The van der Waals surface area contributed by atoms with Crippen molar-refractivity contribution in [1.82, 2.24) is 5.32 Å². The predicted molar refractivity (Wildman–Crippen MR) is 77.7 cm³/mol. The highest BCUT2D eigenvalue weighted by molar-refractivity contribution is 5.79. The first kappa shape index (κ1) is 13.8. The second-order valence-corrected chi connectivity index (χ2v) is 7.25. The van der Waals surface area contributed by atoms with Gasteiger partial charge in [-0.3, -0.25) is 9.59 Å². The Kier molecular flexibility index (Phi) is 3.26. The SMILES string of the molecule is CC(=O)[C@H](C)[C@@H]1CC[C@@H]2[C@@H]3CCC(=O)NC3=CC[C@@]21C. The highest BCUT2D eigenvalue weighted by Crippen LogP contribution is 2.60. The van der Waals surface area contributed by atoms with E-state index in [0.29, 0.717) is 30.0 Å². The van der Waals surface area contributed by atoms with Gasteiger partial charge in [-0.05, 0) is 49.9 Å². The number of allylic oxidation sites excluding steroid dienone is 2. The summed E-state index contributed by atoms with van der Waals surface area (Å²) >= 11 is 0. The van der Waals surface area contributed by atoms with E-state index in [0.717, 1.165) is 19.3 Å². The molecule has 1 heterocycles. The Bertz CT molecular complexity index is 481. The zero-order chi connectivity index (χ0) is 14.5. The van der Waals surface area contributed by atoms with Crippen LogP contribution < -0.4 is 5.32 Å². The van der Waals surface area contributed by atoms with Crippen molar-refractivity contribution in [3.8, 4) is 0 Å². The van der Waals surface area contributed by atoms with Gasteiger partial charge in [0.15, 0.2) is 0 Å². The van der Waals surface area contributed by atoms with Crippen LogP contribution in [-0.4, -0.2) is 11.7 Å². The molecule has 110 valence electrons. The summed E-state index contributed by atoms with van der Waals surface area (Å²) in [6.45, 7) is 6.20. The molecule has 0 aromatic rings. The summed E-state index contributed by atoms with van der Waals surface area (Å²) in [4.78, 5) is 23.4. The molecule has 1 N–H and O–H groups in total. The van der Waals surface area contributed by atoms with Gasteiger partial charge in [0.25, 0.3) is 0 Å². The van der Waals surface area contributed by atoms with Crippen molar-refractivity contribution in [2.45, 2.75) is 52.9 Å². The van der Waals surface area contributed by atoms with Gasteiger partial charge in [0, 0.05) is 24.0 Å². The maximum Gasteiger partial charge on any atom is 0.224 e. The van der Waals surface area contributed by atoms with Gasteiger partial charge in [-0.2, -0.15) is 0 Å². The van der Waals surface area contributed by atoms with E-state index in [1.165, 1.54) is 12.1 Å². The maximum absolute atomic E-state index is 11.8. The molecular formula is C17H25NO2. The molecule has 20 heavy (non-hydrogen) atoms. The molecule has 3 heteroatoms. The predicted octanol–water partition coefficient (Wildman–Crippen LogP) is 3.06. The molecule has 0 bridgehead atoms. The van der Waals surface area contributed by atoms with Crippen LogP contribution in [0.25, 0.3) is 0 Å². The third kappa shape index (κ3) is 1.94. The van der Waals surface area contributed by atoms with Gasteiger partial charge in [0.05, 0.1) is 0 Å². The van der Waals surface area contributed by atoms with Crippen molar-refractivity contribution in [1.29, 1.82) is 0 Å². The standard InChI is InChI=1S/C17H25NO2/c1-10(11(2)19)13-5-6-14-12-4-7-16(20)18-15(12)8-9-17(13,14)3/h8,10,12-14H,4-7,9H2,1-3H3,(H,18,20)/t10-,12-,13-,14+,17+/m0/s1. The number of rotatable bonds is 2. The normalized spacial score (nSPS) is 41.2. The van der Waals surface area contributed by atoms with Crippen molar-refractivity contribution < 1.29 is 9.59 Å². The Morgan fingerprint density at radius 1 is 1.40 bits per heavy atom. The number of amides is 1. The number of piperidine rings is 1. The van der Waals surface area contributed by atoms with Gasteiger partial charge >= 0.3 is 0 Å². The number of fused-ring (bicyclic) bond motifs is 3. The second kappa shape index (κ2) is 4.71. The molecule has 3 rings (SSSR count). The zero-order valence-corrected chi connectivity index (χ0v) is 12.7. The lowest BCUT2D eigenvalue weighted by Gasteiger charge is -2.47. The number of hydrogen-bond donors (Lipinski definition) is 1. The first-order valence-electron chi connectivity index (χ1n) is 7.94. The van der Waals surface area contributed by atoms with Crippen molar-refractivity contribution >= 4 is 11.7 Å². The van der Waals surface area contributed by atoms with Crippen LogP contribution in [0.15, 0.2) is 11.8 Å². The molecule has 0 radical (unpaired) electrons. The fraction of sp³-hybridized carbons (Fsp3) is 0.765. The fourth-order valence-corrected chi connectivity index (χ4v) is 5.07. The van der Waals surface area contributed by atoms with Gasteiger partial charge in [0.1, 0.15) is 5.78 Å². The molecule has 1 saturated heterocycles. The van der Waals surface area contributed by atoms with Crippen LogP contribution in [0.2, 0.25) is 0 Å². The number of hydrogen-bond acceptors (Lipinski definition) is 2. The number of carbonyl (C=O) groups is 2. The van der Waals surface area contributed by atoms with Crippen molar-refractivity contribution in [3.05, 3.63) is 11.8 Å². The summed E-state index contributed by atoms with van der Waals surface area (Å²) in [5, 5.41) is 3.07. The molecule has 3 aliphatic rings. The van der Waals surface area contributed by atoms with Crippen molar-refractivity contribution in [2.24, 2.45) is 29.1 Å². The van der Waals surface area contributed by atoms with Crippen LogP contribution in [0, 0.1) is 29.1 Å². The van der Waals surface area contributed by atoms with Crippen molar-refractivity contribution in [2.75, 3.05) is 0 Å². The van der Waals surface area contributed by atoms with E-state index in [2.05, 4.69) is 25.2 Å². The monoisotopic (exact) mass is 275 g/mol. The van der Waals surface area contributed by atoms with Crippen LogP contribution in [0.4, 0.5) is 0 Å². The highest BCUT2D eigenvalue weighted by Gasteiger charge is 2.54. The van der Waals surface area contributed by atoms with Crippen LogP contribution in [0.5, 0.6) is 0 Å². The molecule has 0 aromatic heterocycles. The minimum Gasteiger partial charge on any atom is -0.330 e. The Balaban J connectivity index is 1.89. The lowest BCUT2D eigenvalue weighted by molar-refractivity contribution is -0.123. The third-order valence-electron chi connectivity index (χ3n) is 6.34. The quantitative estimate of drug-likeness (QED) is 0.842. The van der Waals surface area contributed by atoms with E-state index in [-0.39, 0.29) is 17.2 Å². The van der Waals surface area contributed by atoms with Gasteiger partial charge in [0.2, 0.25) is 5.91 Å². The molecule has 1 saturated carbocycles. The molecule has 1 aliphatic heterocycles. The first-order valence-corrected chi connectivity index (χ1v) is 7.94. The molecule has 0 unspecified atom stereocenters. The number of nitrogens with one attached hydrogen (secondary N) is 1. The molecule has 2 fully saturated rings. The van der Waals surface area contributed by atoms with Crippen molar-refractivity contribution in [3.63, 3.8) is 0 Å². The Labute approximate surface area is 121 Å². The van der Waals surface area contributed by atoms with Crippen LogP contribution in [0.1, 0.15) is 52.9 Å². The summed E-state index contributed by atoms with van der Waals surface area (Å²) < 4.78 is 0. The summed E-state index contributed by atoms with van der Waals surface area (Å²) in [7, 11) is 0. The minimum absolute atomic E-state index is 0.165. The molecule has 2 aliphatic carbocycles. The summed E-state index contributed by atoms with van der Waals surface area (Å²) in [6.07, 6.45) is 7.25. The molecule has 3 nitrogen and oxygen atoms in total. The minimum atomic E-state index is 0.165. The largest absolute Gasteiger partial charge is 0.330 e. The summed E-state index contributed by atoms with van der Waals surface area (Å²) in [6, 6.07) is 0. The molecule has 5 atom stereocenters. The lowest BCUT2D eigenvalue weighted by Crippen LogP contribution is -2.45. The van der Waals surface area contributed by atoms with E-state index in [1.807, 2.05) is 0 Å². The zero-order valence-electron chi connectivity index (χ0n) is 12.7. The first-order chi connectivity index (χ1) is 9.43. The summed E-state index contributed by atoms with van der Waals surface area (Å²) in [5.74, 6) is 2.30. The molecule has 0 aromatic carbocycles. The topological polar surface area (TPSA) is 46.2 Å². The van der Waals surface area contributed by atoms with E-state index in [1.54, 1.807) is 6.92 Å². The van der Waals surface area contributed by atoms with Gasteiger partial charge < -0.3 is 5.32 Å². The van der Waals surface area contributed by atoms with E-state index in [4.69, 9.17) is 0 Å². The lowest BCUT2D eigenvalue weighted by atomic mass is 9.59. The van der Waals surface area contributed by atoms with Gasteiger partial charge in [-0.25, -0.2) is 0 Å². The van der Waals surface area contributed by atoms with E-state index < -0.39 is 0 Å². The van der Waals surface area contributed by atoms with Crippen LogP contribution >= 0.6 is 0 Å². The second-order valence-electron chi connectivity index (χ2n) is 7.25. The van der Waals surface area contributed by atoms with Gasteiger partial charge in [-0.15, -0.1) is 0 Å². The Hall–Kier alpha value is -1.12. The van der Waals surface area contributed by atoms with Crippen LogP contribution in [0.3, 0.4) is 0 Å². The smallest absolute Gasteiger partial charge is 0.224 e.